The van der Waals surface area contributed by atoms with Crippen LogP contribution >= 0.6 is 44.8 Å². The maximum absolute atomic E-state index is 15.3. The van der Waals surface area contributed by atoms with E-state index in [1.165, 1.54) is 19.4 Å². The molecular weight excluding hydrogens is 1750 g/mol. The topological polar surface area (TPSA) is 429 Å². The molecule has 1 fully saturated rings. The number of aliphatic hydroxyl groups is 2. The first-order valence-electron chi connectivity index (χ1n) is 44.9. The van der Waals surface area contributed by atoms with Crippen LogP contribution in [0, 0.1) is 0 Å². The molecule has 33 heteroatoms. The number of rotatable bonds is 40. The number of carbonyl (C=O) groups excluding carboxylic acids is 11. The van der Waals surface area contributed by atoms with Gasteiger partial charge in [-0.05, 0) is 181 Å². The average Bonchev–Trinajstić information content (AvgIpc) is 1.59. The van der Waals surface area contributed by atoms with Gasteiger partial charge in [0.1, 0.15) is 72.1 Å². The summed E-state index contributed by atoms with van der Waals surface area (Å²) < 4.78 is 15.0. The second kappa shape index (κ2) is 49.8. The third kappa shape index (κ3) is 28.8. The maximum atomic E-state index is 15.3. The predicted molar refractivity (Wildman–Crippen MR) is 512 cm³/mol. The van der Waals surface area contributed by atoms with Crippen LogP contribution in [0.4, 0.5) is 11.4 Å². The molecule has 10 atom stereocenters. The molecule has 6 aromatic carbocycles. The molecule has 0 unspecified atom stereocenters. The Morgan fingerprint density at radius 1 is 0.672 bits per heavy atom. The van der Waals surface area contributed by atoms with Crippen molar-refractivity contribution in [1.29, 1.82) is 0 Å². The third-order valence-corrected chi connectivity index (χ3v) is 26.4. The van der Waals surface area contributed by atoms with Crippen molar-refractivity contribution in [2.24, 2.45) is 11.5 Å². The second-order valence-electron chi connectivity index (χ2n) is 33.9. The molecule has 1 saturated heterocycles. The Balaban J connectivity index is 0.739. The number of benzene rings is 6. The molecule has 3 aliphatic heterocycles. The summed E-state index contributed by atoms with van der Waals surface area (Å²) in [4.78, 5) is 163. The highest BCUT2D eigenvalue weighted by Gasteiger charge is 2.45. The molecule has 29 nitrogen and oxygen atoms in total. The number of nitrogens with zero attached hydrogens (tertiary/aromatic N) is 2. The molecule has 4 heterocycles. The highest BCUT2D eigenvalue weighted by atomic mass is 35.5. The predicted octanol–water partition coefficient (Wildman–Crippen LogP) is 9.06. The molecule has 16 N–H and O–H groups in total. The Bertz CT molecular complexity index is 5280. The van der Waals surface area contributed by atoms with Gasteiger partial charge in [-0.1, -0.05) is 131 Å². The molecule has 7 aromatic rings. The summed E-state index contributed by atoms with van der Waals surface area (Å²) >= 11 is 12.1. The normalized spacial score (nSPS) is 19.4. The number of aromatic amines is 1. The highest BCUT2D eigenvalue weighted by molar-refractivity contribution is 8.76. The first-order chi connectivity index (χ1) is 63.2. The van der Waals surface area contributed by atoms with Gasteiger partial charge in [-0.25, -0.2) is 0 Å². The van der Waals surface area contributed by atoms with E-state index in [4.69, 9.17) is 44.1 Å². The molecule has 1 aliphatic carbocycles. The number of unbranched alkanes of at least 4 members (excludes halogenated alkanes) is 3. The Morgan fingerprint density at radius 2 is 1.34 bits per heavy atom. The quantitative estimate of drug-likeness (QED) is 0.00425. The van der Waals surface area contributed by atoms with Crippen molar-refractivity contribution < 1.29 is 77.0 Å². The van der Waals surface area contributed by atoms with Crippen LogP contribution in [0.25, 0.3) is 17.0 Å². The van der Waals surface area contributed by atoms with Crippen LogP contribution in [-0.4, -0.2) is 207 Å². The lowest BCUT2D eigenvalue weighted by molar-refractivity contribution is -0.438. The number of nitrogens with one attached hydrogen (secondary N) is 10. The number of alkyl halides is 2. The number of carbonyl (C=O) groups is 11. The molecule has 0 spiro atoms. The highest BCUT2D eigenvalue weighted by Crippen LogP contribution is 2.44. The van der Waals surface area contributed by atoms with E-state index in [9.17, 15) is 43.8 Å². The molecular formula is C98H121Cl2N14O15S2+. The van der Waals surface area contributed by atoms with Gasteiger partial charge in [0.15, 0.2) is 5.71 Å². The van der Waals surface area contributed by atoms with Crippen molar-refractivity contribution in [1.82, 2.24) is 52.8 Å². The zero-order valence-electron chi connectivity index (χ0n) is 74.4. The van der Waals surface area contributed by atoms with Crippen LogP contribution in [0.5, 0.6) is 11.5 Å². The fourth-order valence-corrected chi connectivity index (χ4v) is 19.2. The smallest absolute Gasteiger partial charge is 0.311 e. The second-order valence-corrected chi connectivity index (χ2v) is 37.2. The van der Waals surface area contributed by atoms with Gasteiger partial charge in [0.25, 0.3) is 0 Å². The van der Waals surface area contributed by atoms with Crippen LogP contribution in [-0.2, 0) is 83.8 Å². The Morgan fingerprint density at radius 3 is 2.06 bits per heavy atom. The minimum atomic E-state index is -1.78. The van der Waals surface area contributed by atoms with Crippen LogP contribution in [0.3, 0.4) is 0 Å². The maximum Gasteiger partial charge on any atom is 0.311 e. The van der Waals surface area contributed by atoms with E-state index >= 15 is 19.2 Å². The minimum Gasteiger partial charge on any atom is -0.456 e. The largest absolute Gasteiger partial charge is 0.456 e. The number of H-pyrrole nitrogens is 1. The summed E-state index contributed by atoms with van der Waals surface area (Å²) in [5, 5.41) is 47.0. The van der Waals surface area contributed by atoms with Crippen molar-refractivity contribution in [2.45, 2.75) is 209 Å². The minimum absolute atomic E-state index is 0.0338. The number of esters is 1. The van der Waals surface area contributed by atoms with E-state index in [-0.39, 0.29) is 93.3 Å². The first-order valence-corrected chi connectivity index (χ1v) is 48.5. The summed E-state index contributed by atoms with van der Waals surface area (Å²) in [7, 11) is 1.86. The van der Waals surface area contributed by atoms with Gasteiger partial charge in [-0.3, -0.25) is 52.7 Å². The standard InChI is InChI=1S/C98H120Cl2N14O15S2/c1-61(115)87(90(102)120)111-96(126)80-60-131-130-59-79(95(125)107-77(54-65-25-10-6-11-26-65)93(123)108-78(56-69-58-104-74-32-15-13-30-72(69)74)94(124)106-75(33-17-18-48-101)91(121)112-88(62(2)116)97(127)110-80)109-92(122)76(53-64-23-8-5-9-24-64)105-85(118)36-22-49-103-84(117)35-12-7-19-50-114-81-34-16-14-31-73(81)98(3,4)83(114)45-41-66-28-21-29-68-55-67-40-44-71(57-82(67)129-89(66)68)128-86(119)37-20-27-63-38-42-70(43-39-63)113(51-46-99)52-47-100/h5-6,8-11,13-16,23-26,30-32,34,38-45,55,57-58,61-62,75-80,87-88,104,115-116H,7,12,17-22,27-29,33,35-37,46-54,56,59-60,101H2,1-4H3,(H10-,102,103,105,106,107,108,109,110,111,112,117,118,120,121,122,123,124,125,126,127)/p+1/b45-41+/t61-,62-,75+,76+,77+,78+,79+,80+,87+,88+/m1/s1. The van der Waals surface area contributed by atoms with Gasteiger partial charge in [-0.2, -0.15) is 4.58 Å². The van der Waals surface area contributed by atoms with Crippen LogP contribution < -0.4 is 73.7 Å². The van der Waals surface area contributed by atoms with E-state index in [0.29, 0.717) is 85.3 Å². The number of hydrogen-bond donors (Lipinski definition) is 14. The summed E-state index contributed by atoms with van der Waals surface area (Å²) in [6.07, 6.45) is 12.1. The van der Waals surface area contributed by atoms with E-state index in [1.807, 2.05) is 36.4 Å². The molecule has 11 rings (SSSR count). The number of hydrogen-bond acceptors (Lipinski definition) is 19. The molecule has 10 amide bonds. The lowest BCUT2D eigenvalue weighted by atomic mass is 9.81. The monoisotopic (exact) mass is 1870 g/mol. The summed E-state index contributed by atoms with van der Waals surface area (Å²) in [5.74, 6) is -6.39. The van der Waals surface area contributed by atoms with Crippen molar-refractivity contribution in [3.05, 3.63) is 220 Å². The van der Waals surface area contributed by atoms with Crippen molar-refractivity contribution in [3.8, 4) is 11.5 Å². The molecule has 0 radical (unpaired) electrons. The number of anilines is 1. The number of aryl methyl sites for hydroxylation is 1. The van der Waals surface area contributed by atoms with Crippen LogP contribution in [0.15, 0.2) is 187 Å². The molecule has 698 valence electrons. The number of primary amides is 1. The summed E-state index contributed by atoms with van der Waals surface area (Å²) in [6, 6.07) is 34.8. The number of ether oxygens (including phenoxy) is 2. The SMILES string of the molecule is C[C@@H](O)[C@H](NC(=O)[C@@H]1CSSC[C@H](NC(=O)[C@H](Cc2ccccc2)NC(=O)CCCNC(=O)CCCCC[N+]2=C(/C=C/C3=C4Oc5cc(OC(=O)CCCc6ccc(N(CCCl)CCCl)cc6)ccc5C=C4CCC3)C(C)(C)c3ccccc32)C(=O)N[C@@H](Cc2ccccc2)C(=O)N[C@@H](Cc2c[nH]c3ccccc23)C(=O)N[C@@H](CCCCN)C(=O)N[C@@H]([C@@H](C)O)C(=O)N1)C(N)=O. The zero-order chi connectivity index (χ0) is 93.5. The van der Waals surface area contributed by atoms with Gasteiger partial charge in [0.05, 0.1) is 17.6 Å². The first kappa shape index (κ1) is 100. The van der Waals surface area contributed by atoms with Gasteiger partial charge in [0.2, 0.25) is 64.8 Å². The number of fused-ring (bicyclic) bond motifs is 4. The summed E-state index contributed by atoms with van der Waals surface area (Å²) in [6.45, 7) is 9.37. The number of allylic oxidation sites excluding steroid dienone is 4. The number of halogens is 2. The van der Waals surface area contributed by atoms with Gasteiger partial charge in [-0.15, -0.1) is 23.2 Å². The van der Waals surface area contributed by atoms with Crippen molar-refractivity contribution in [3.63, 3.8) is 0 Å². The van der Waals surface area contributed by atoms with E-state index < -0.39 is 114 Å². The Labute approximate surface area is 782 Å². The zero-order valence-corrected chi connectivity index (χ0v) is 77.6. The average molecular weight is 1870 g/mol. The molecule has 0 saturated carbocycles. The third-order valence-electron chi connectivity index (χ3n) is 23.7. The number of nitrogens with two attached hydrogens (primary N) is 2. The number of aromatic nitrogens is 1. The fourth-order valence-electron chi connectivity index (χ4n) is 16.5. The lowest BCUT2D eigenvalue weighted by Gasteiger charge is -2.29. The fraction of sp³-hybridized carbons (Fsp3) is 0.429. The van der Waals surface area contributed by atoms with Crippen LogP contribution in [0.2, 0.25) is 0 Å². The van der Waals surface area contributed by atoms with E-state index in [0.717, 1.165) is 116 Å². The molecule has 1 aromatic heterocycles. The number of amides is 10. The Hall–Kier alpha value is -11.3. The lowest BCUT2D eigenvalue weighted by Crippen LogP contribution is -2.62. The van der Waals surface area contributed by atoms with E-state index in [1.54, 1.807) is 79.0 Å². The van der Waals surface area contributed by atoms with Crippen molar-refractivity contribution in [2.75, 3.05) is 60.9 Å². The number of aliphatic hydroxyl groups excluding tert-OH is 2. The number of para-hydroxylation sites is 2. The van der Waals surface area contributed by atoms with Gasteiger partial charge >= 0.3 is 5.97 Å². The van der Waals surface area contributed by atoms with E-state index in [2.05, 4.69) is 137 Å². The van der Waals surface area contributed by atoms with Gasteiger partial charge < -0.3 is 88.9 Å². The molecule has 0 bridgehead atoms. The van der Waals surface area contributed by atoms with Crippen LogP contribution in [0.1, 0.15) is 151 Å². The Kier molecular flexibility index (Phi) is 38.1. The van der Waals surface area contributed by atoms with Gasteiger partial charge in [0, 0.05) is 140 Å². The molecule has 131 heavy (non-hydrogen) atoms. The van der Waals surface area contributed by atoms with Crippen molar-refractivity contribution >= 4 is 144 Å². The summed E-state index contributed by atoms with van der Waals surface area (Å²) in [5.41, 5.74) is 22.4. The molecule has 4 aliphatic rings.